The Hall–Kier alpha value is -0.0800. The van der Waals surface area contributed by atoms with Gasteiger partial charge in [0.25, 0.3) is 0 Å². The SMILES string of the molecule is CN1CC(O)C2CC2C1. The summed E-state index contributed by atoms with van der Waals surface area (Å²) in [6.45, 7) is 2.10. The van der Waals surface area contributed by atoms with Crippen LogP contribution in [0.3, 0.4) is 0 Å². The molecule has 2 heteroatoms. The van der Waals surface area contributed by atoms with Crippen molar-refractivity contribution < 1.29 is 5.11 Å². The number of aliphatic hydroxyl groups excluding tert-OH is 1. The average molecular weight is 127 g/mol. The van der Waals surface area contributed by atoms with Gasteiger partial charge in [-0.2, -0.15) is 0 Å². The van der Waals surface area contributed by atoms with Crippen LogP contribution in [0.5, 0.6) is 0 Å². The van der Waals surface area contributed by atoms with E-state index in [4.69, 9.17) is 0 Å². The molecule has 1 aliphatic carbocycles. The molecule has 3 unspecified atom stereocenters. The highest BCUT2D eigenvalue weighted by Crippen LogP contribution is 2.44. The van der Waals surface area contributed by atoms with Crippen LogP contribution in [0, 0.1) is 11.8 Å². The predicted molar refractivity (Wildman–Crippen MR) is 35.1 cm³/mol. The molecule has 0 bridgehead atoms. The van der Waals surface area contributed by atoms with Gasteiger partial charge in [-0.1, -0.05) is 0 Å². The van der Waals surface area contributed by atoms with Gasteiger partial charge < -0.3 is 10.0 Å². The smallest absolute Gasteiger partial charge is 0.0698 e. The second-order valence-corrected chi connectivity index (χ2v) is 3.45. The fourth-order valence-electron chi connectivity index (χ4n) is 1.88. The van der Waals surface area contributed by atoms with Crippen LogP contribution in [0.4, 0.5) is 0 Å². The zero-order valence-corrected chi connectivity index (χ0v) is 5.75. The van der Waals surface area contributed by atoms with E-state index in [1.807, 2.05) is 0 Å². The quantitative estimate of drug-likeness (QED) is 0.492. The van der Waals surface area contributed by atoms with E-state index in [1.54, 1.807) is 0 Å². The Morgan fingerprint density at radius 2 is 2.22 bits per heavy atom. The molecule has 0 radical (unpaired) electrons. The predicted octanol–water partition coefficient (Wildman–Crippen LogP) is -0.0712. The summed E-state index contributed by atoms with van der Waals surface area (Å²) >= 11 is 0. The Balaban J connectivity index is 1.99. The third-order valence-electron chi connectivity index (χ3n) is 2.52. The van der Waals surface area contributed by atoms with E-state index in [-0.39, 0.29) is 6.10 Å². The Labute approximate surface area is 55.5 Å². The number of likely N-dealkylation sites (tertiary alicyclic amines) is 1. The summed E-state index contributed by atoms with van der Waals surface area (Å²) in [5.41, 5.74) is 0. The number of hydrogen-bond donors (Lipinski definition) is 1. The summed E-state index contributed by atoms with van der Waals surface area (Å²) in [5, 5.41) is 9.35. The van der Waals surface area contributed by atoms with Crippen molar-refractivity contribution in [3.8, 4) is 0 Å². The topological polar surface area (TPSA) is 23.5 Å². The van der Waals surface area contributed by atoms with Crippen molar-refractivity contribution in [1.29, 1.82) is 0 Å². The molecule has 3 atom stereocenters. The minimum Gasteiger partial charge on any atom is -0.391 e. The van der Waals surface area contributed by atoms with Gasteiger partial charge in [0.2, 0.25) is 0 Å². The number of nitrogens with zero attached hydrogens (tertiary/aromatic N) is 1. The summed E-state index contributed by atoms with van der Waals surface area (Å²) in [6, 6.07) is 0. The lowest BCUT2D eigenvalue weighted by atomic mass is 10.1. The van der Waals surface area contributed by atoms with Crippen molar-refractivity contribution in [2.24, 2.45) is 11.8 Å². The first-order valence-electron chi connectivity index (χ1n) is 3.64. The van der Waals surface area contributed by atoms with E-state index in [0.717, 1.165) is 12.5 Å². The van der Waals surface area contributed by atoms with Crippen LogP contribution < -0.4 is 0 Å². The van der Waals surface area contributed by atoms with E-state index in [9.17, 15) is 5.11 Å². The van der Waals surface area contributed by atoms with E-state index in [1.165, 1.54) is 13.0 Å². The minimum absolute atomic E-state index is 0.0197. The zero-order chi connectivity index (χ0) is 6.43. The van der Waals surface area contributed by atoms with Gasteiger partial charge in [0.15, 0.2) is 0 Å². The van der Waals surface area contributed by atoms with Crippen LogP contribution in [0.15, 0.2) is 0 Å². The molecular formula is C7H13NO. The van der Waals surface area contributed by atoms with Crippen molar-refractivity contribution >= 4 is 0 Å². The molecular weight excluding hydrogens is 114 g/mol. The van der Waals surface area contributed by atoms with Crippen molar-refractivity contribution in [2.75, 3.05) is 20.1 Å². The van der Waals surface area contributed by atoms with Gasteiger partial charge in [-0.3, -0.25) is 0 Å². The van der Waals surface area contributed by atoms with Crippen molar-refractivity contribution in [3.63, 3.8) is 0 Å². The van der Waals surface area contributed by atoms with E-state index in [0.29, 0.717) is 5.92 Å². The first-order chi connectivity index (χ1) is 4.27. The number of piperidine rings is 1. The molecule has 0 amide bonds. The molecule has 2 fully saturated rings. The molecule has 52 valence electrons. The third kappa shape index (κ3) is 0.864. The van der Waals surface area contributed by atoms with Gasteiger partial charge in [-0.15, -0.1) is 0 Å². The van der Waals surface area contributed by atoms with E-state index < -0.39 is 0 Å². The highest BCUT2D eigenvalue weighted by atomic mass is 16.3. The molecule has 1 saturated carbocycles. The first kappa shape index (κ1) is 5.69. The molecule has 1 aliphatic heterocycles. The van der Waals surface area contributed by atoms with Gasteiger partial charge in [0.1, 0.15) is 0 Å². The van der Waals surface area contributed by atoms with Crippen LogP contribution >= 0.6 is 0 Å². The van der Waals surface area contributed by atoms with E-state index in [2.05, 4.69) is 11.9 Å². The molecule has 1 heterocycles. The molecule has 2 nitrogen and oxygen atoms in total. The number of rotatable bonds is 0. The van der Waals surface area contributed by atoms with Crippen LogP contribution in [0.2, 0.25) is 0 Å². The van der Waals surface area contributed by atoms with Crippen LogP contribution in [-0.2, 0) is 0 Å². The summed E-state index contributed by atoms with van der Waals surface area (Å²) in [5.74, 6) is 1.50. The maximum absolute atomic E-state index is 9.35. The highest BCUT2D eigenvalue weighted by molar-refractivity contribution is 4.97. The maximum atomic E-state index is 9.35. The monoisotopic (exact) mass is 127 g/mol. The Bertz CT molecular complexity index is 126. The largest absolute Gasteiger partial charge is 0.391 e. The zero-order valence-electron chi connectivity index (χ0n) is 5.75. The molecule has 0 aromatic heterocycles. The van der Waals surface area contributed by atoms with Crippen molar-refractivity contribution in [2.45, 2.75) is 12.5 Å². The molecule has 2 aliphatic rings. The molecule has 9 heavy (non-hydrogen) atoms. The molecule has 1 N–H and O–H groups in total. The van der Waals surface area contributed by atoms with Gasteiger partial charge in [0, 0.05) is 13.1 Å². The molecule has 1 saturated heterocycles. The molecule has 2 rings (SSSR count). The average Bonchev–Trinajstić information content (AvgIpc) is 2.43. The summed E-state index contributed by atoms with van der Waals surface area (Å²) in [6.07, 6.45) is 1.25. The fraction of sp³-hybridized carbons (Fsp3) is 1.00. The number of fused-ring (bicyclic) bond motifs is 1. The lowest BCUT2D eigenvalue weighted by Gasteiger charge is -2.25. The fourth-order valence-corrected chi connectivity index (χ4v) is 1.88. The normalized spacial score (nSPS) is 50.7. The van der Waals surface area contributed by atoms with Crippen LogP contribution in [-0.4, -0.2) is 36.2 Å². The molecule has 0 spiro atoms. The number of β-amino-alcohol motifs (C(OH)–C–C–N with tert-alkyl or cyclic N) is 1. The van der Waals surface area contributed by atoms with Gasteiger partial charge in [-0.25, -0.2) is 0 Å². The Kier molecular flexibility index (Phi) is 1.08. The van der Waals surface area contributed by atoms with Crippen molar-refractivity contribution in [1.82, 2.24) is 4.90 Å². The lowest BCUT2D eigenvalue weighted by Crippen LogP contribution is -2.37. The van der Waals surface area contributed by atoms with Gasteiger partial charge in [-0.05, 0) is 25.3 Å². The minimum atomic E-state index is -0.0197. The summed E-state index contributed by atoms with van der Waals surface area (Å²) < 4.78 is 0. The van der Waals surface area contributed by atoms with Gasteiger partial charge >= 0.3 is 0 Å². The molecule has 0 aromatic carbocycles. The first-order valence-corrected chi connectivity index (χ1v) is 3.64. The Morgan fingerprint density at radius 1 is 1.44 bits per heavy atom. The number of likely N-dealkylation sites (N-methyl/N-ethyl adjacent to an activating group) is 1. The van der Waals surface area contributed by atoms with Crippen LogP contribution in [0.25, 0.3) is 0 Å². The maximum Gasteiger partial charge on any atom is 0.0698 e. The summed E-state index contributed by atoms with van der Waals surface area (Å²) in [7, 11) is 2.08. The number of hydrogen-bond acceptors (Lipinski definition) is 2. The van der Waals surface area contributed by atoms with Crippen molar-refractivity contribution in [3.05, 3.63) is 0 Å². The van der Waals surface area contributed by atoms with Gasteiger partial charge in [0.05, 0.1) is 6.10 Å². The second kappa shape index (κ2) is 1.70. The highest BCUT2D eigenvalue weighted by Gasteiger charge is 2.46. The lowest BCUT2D eigenvalue weighted by molar-refractivity contribution is 0.0736. The molecule has 0 aromatic rings. The van der Waals surface area contributed by atoms with E-state index >= 15 is 0 Å². The Morgan fingerprint density at radius 3 is 2.89 bits per heavy atom. The third-order valence-corrected chi connectivity index (χ3v) is 2.52. The number of aliphatic hydroxyl groups is 1. The summed E-state index contributed by atoms with van der Waals surface area (Å²) in [4.78, 5) is 2.22. The standard InChI is InChI=1S/C7H13NO/c1-8-3-5-2-6(5)7(9)4-8/h5-7,9H,2-4H2,1H3. The second-order valence-electron chi connectivity index (χ2n) is 3.45. The van der Waals surface area contributed by atoms with Crippen LogP contribution in [0.1, 0.15) is 6.42 Å².